The number of benzene rings is 2. The molecular weight excluding hydrogens is 539 g/mol. The normalized spacial score (nSPS) is 11.2. The number of hydrogen-bond donors (Lipinski definition) is 3. The predicted octanol–water partition coefficient (Wildman–Crippen LogP) is 6.70. The van der Waals surface area contributed by atoms with E-state index in [1.54, 1.807) is 30.7 Å². The summed E-state index contributed by atoms with van der Waals surface area (Å²) in [5, 5.41) is 6.98. The number of nitrogens with zero attached hydrogens (tertiary/aromatic N) is 4. The Bertz CT molecular complexity index is 1580. The average Bonchev–Trinajstić information content (AvgIpc) is 3.54. The maximum absolute atomic E-state index is 15.0. The number of amides is 1. The number of hydrogen-bond acceptors (Lipinski definition) is 9. The lowest BCUT2D eigenvalue weighted by molar-refractivity contribution is -0.128. The van der Waals surface area contributed by atoms with Crippen LogP contribution in [0.4, 0.5) is 15.9 Å². The van der Waals surface area contributed by atoms with E-state index in [1.807, 2.05) is 49.7 Å². The second-order valence-corrected chi connectivity index (χ2v) is 10.7. The summed E-state index contributed by atoms with van der Waals surface area (Å²) in [7, 11) is 0. The van der Waals surface area contributed by atoms with Crippen molar-refractivity contribution in [2.45, 2.75) is 27.3 Å². The lowest BCUT2D eigenvalue weighted by Gasteiger charge is -2.18. The second-order valence-electron chi connectivity index (χ2n) is 9.52. The molecule has 0 radical (unpaired) electrons. The molecule has 0 bridgehead atoms. The van der Waals surface area contributed by atoms with Crippen molar-refractivity contribution >= 4 is 62.1 Å². The van der Waals surface area contributed by atoms with Crippen molar-refractivity contribution in [1.82, 2.24) is 24.2 Å². The van der Waals surface area contributed by atoms with Gasteiger partial charge in [-0.15, -0.1) is 0 Å². The van der Waals surface area contributed by atoms with E-state index in [0.717, 1.165) is 33.2 Å². The van der Waals surface area contributed by atoms with E-state index in [0.29, 0.717) is 30.3 Å². The van der Waals surface area contributed by atoms with Crippen LogP contribution in [0.15, 0.2) is 61.2 Å². The van der Waals surface area contributed by atoms with Crippen molar-refractivity contribution in [3.05, 3.63) is 67.0 Å². The molecule has 5 aromatic rings. The molecule has 0 aliphatic rings. The number of halogens is 1. The zero-order chi connectivity index (χ0) is 28.0. The van der Waals surface area contributed by atoms with Crippen LogP contribution in [0, 0.1) is 11.2 Å². The standard InChI is InChI=1S/C26H25FN6O2S.CH4OS/c1-26(2,3)25(34)28-10-12-33-11-9-19-23(33)24(30-15-29-19)32-16-7-8-21(18(27)13-16)35-20-5-4-6-22-17(20)14-31-36-22;1-3-2/h4-9,11,13-15H,10,12H2,1-3H3,(H,28,34)(H,29,30,32);2H,1H3. The average molecular weight is 569 g/mol. The molecule has 3 aromatic heterocycles. The third-order valence-electron chi connectivity index (χ3n) is 5.64. The number of ether oxygens (including phenoxy) is 1. The van der Waals surface area contributed by atoms with Gasteiger partial charge in [0.05, 0.1) is 21.8 Å². The number of anilines is 2. The quantitative estimate of drug-likeness (QED) is 0.186. The lowest BCUT2D eigenvalue weighted by Crippen LogP contribution is -2.36. The summed E-state index contributed by atoms with van der Waals surface area (Å²) in [6, 6.07) is 12.1. The van der Waals surface area contributed by atoms with Gasteiger partial charge < -0.3 is 24.5 Å². The topological polar surface area (TPSA) is 114 Å². The van der Waals surface area contributed by atoms with Crippen LogP contribution >= 0.6 is 23.6 Å². The van der Waals surface area contributed by atoms with Crippen molar-refractivity contribution in [3.63, 3.8) is 0 Å². The summed E-state index contributed by atoms with van der Waals surface area (Å²) < 4.78 is 35.4. The number of rotatable bonds is 7. The molecule has 0 aliphatic carbocycles. The molecule has 0 saturated carbocycles. The molecule has 2 aromatic carbocycles. The highest BCUT2D eigenvalue weighted by molar-refractivity contribution is 7.93. The van der Waals surface area contributed by atoms with Crippen LogP contribution in [0.3, 0.4) is 0 Å². The van der Waals surface area contributed by atoms with Gasteiger partial charge in [0.15, 0.2) is 17.4 Å². The summed E-state index contributed by atoms with van der Waals surface area (Å²) in [4.78, 5) is 20.9. The first kappa shape index (κ1) is 28.3. The van der Waals surface area contributed by atoms with Gasteiger partial charge in [-0.2, -0.15) is 4.37 Å². The Morgan fingerprint density at radius 2 is 1.97 bits per heavy atom. The first-order valence-electron chi connectivity index (χ1n) is 12.0. The van der Waals surface area contributed by atoms with E-state index in [1.165, 1.54) is 23.9 Å². The van der Waals surface area contributed by atoms with Gasteiger partial charge in [0, 0.05) is 42.7 Å². The van der Waals surface area contributed by atoms with Crippen LogP contribution in [-0.2, 0) is 11.3 Å². The molecule has 0 aliphatic heterocycles. The van der Waals surface area contributed by atoms with Gasteiger partial charge in [0.1, 0.15) is 17.6 Å². The fourth-order valence-corrected chi connectivity index (χ4v) is 4.40. The monoisotopic (exact) mass is 568 g/mol. The van der Waals surface area contributed by atoms with Gasteiger partial charge in [-0.3, -0.25) is 4.79 Å². The van der Waals surface area contributed by atoms with Crippen molar-refractivity contribution in [1.29, 1.82) is 0 Å². The number of aromatic nitrogens is 4. The Labute approximate surface area is 233 Å². The first-order valence-corrected chi connectivity index (χ1v) is 14.0. The van der Waals surface area contributed by atoms with E-state index in [-0.39, 0.29) is 11.7 Å². The molecular formula is C27H29FN6O3S2. The number of carbonyl (C=O) groups is 1. The third kappa shape index (κ3) is 6.83. The summed E-state index contributed by atoms with van der Waals surface area (Å²) in [6.45, 7) is 6.62. The number of carbonyl (C=O) groups excluding carboxylic acids is 1. The molecule has 3 N–H and O–H groups in total. The van der Waals surface area contributed by atoms with Gasteiger partial charge >= 0.3 is 0 Å². The summed E-state index contributed by atoms with van der Waals surface area (Å²) in [5.41, 5.74) is 1.57. The highest BCUT2D eigenvalue weighted by Crippen LogP contribution is 2.34. The molecule has 0 saturated heterocycles. The molecule has 204 valence electrons. The van der Waals surface area contributed by atoms with Crippen molar-refractivity contribution in [2.75, 3.05) is 18.1 Å². The van der Waals surface area contributed by atoms with Gasteiger partial charge in [-0.1, -0.05) is 26.8 Å². The molecule has 0 fully saturated rings. The molecule has 1 amide bonds. The highest BCUT2D eigenvalue weighted by atomic mass is 32.2. The number of fused-ring (bicyclic) bond motifs is 2. The molecule has 0 unspecified atom stereocenters. The minimum atomic E-state index is -0.509. The fraction of sp³-hybridized carbons (Fsp3) is 0.259. The van der Waals surface area contributed by atoms with Gasteiger partial charge in [-0.25, -0.2) is 14.4 Å². The molecule has 12 heteroatoms. The van der Waals surface area contributed by atoms with Gasteiger partial charge in [0.25, 0.3) is 0 Å². The zero-order valence-corrected chi connectivity index (χ0v) is 23.6. The molecule has 0 spiro atoms. The Morgan fingerprint density at radius 3 is 2.72 bits per heavy atom. The largest absolute Gasteiger partial charge is 0.454 e. The lowest BCUT2D eigenvalue weighted by atomic mass is 9.96. The minimum Gasteiger partial charge on any atom is -0.454 e. The smallest absolute Gasteiger partial charge is 0.225 e. The maximum Gasteiger partial charge on any atom is 0.225 e. The van der Waals surface area contributed by atoms with Gasteiger partial charge in [-0.05, 0) is 53.9 Å². The van der Waals surface area contributed by atoms with E-state index in [9.17, 15) is 9.18 Å². The van der Waals surface area contributed by atoms with Crippen LogP contribution in [0.2, 0.25) is 0 Å². The Morgan fingerprint density at radius 1 is 1.18 bits per heavy atom. The Hall–Kier alpha value is -3.74. The molecule has 39 heavy (non-hydrogen) atoms. The highest BCUT2D eigenvalue weighted by Gasteiger charge is 2.20. The molecule has 9 nitrogen and oxygen atoms in total. The van der Waals surface area contributed by atoms with E-state index in [4.69, 9.17) is 9.29 Å². The van der Waals surface area contributed by atoms with Crippen LogP contribution in [0.5, 0.6) is 11.5 Å². The number of nitrogens with one attached hydrogen (secondary N) is 2. The Kier molecular flexibility index (Phi) is 9.00. The predicted molar refractivity (Wildman–Crippen MR) is 156 cm³/mol. The van der Waals surface area contributed by atoms with Crippen molar-refractivity contribution in [2.24, 2.45) is 5.41 Å². The van der Waals surface area contributed by atoms with Crippen LogP contribution < -0.4 is 15.4 Å². The summed E-state index contributed by atoms with van der Waals surface area (Å²) >= 11 is 2.11. The molecule has 5 rings (SSSR count). The fourth-order valence-electron chi connectivity index (χ4n) is 3.74. The Balaban J connectivity index is 0.00000112. The van der Waals surface area contributed by atoms with Gasteiger partial charge in [0.2, 0.25) is 5.91 Å². The van der Waals surface area contributed by atoms with Crippen LogP contribution in [0.25, 0.3) is 21.1 Å². The van der Waals surface area contributed by atoms with Crippen LogP contribution in [0.1, 0.15) is 20.8 Å². The van der Waals surface area contributed by atoms with Crippen molar-refractivity contribution in [3.8, 4) is 11.5 Å². The van der Waals surface area contributed by atoms with Crippen LogP contribution in [-0.4, -0.2) is 42.2 Å². The minimum absolute atomic E-state index is 0.0159. The second kappa shape index (κ2) is 12.4. The summed E-state index contributed by atoms with van der Waals surface area (Å²) in [5.74, 6) is 0.678. The molecule has 0 atom stereocenters. The van der Waals surface area contributed by atoms with E-state index >= 15 is 0 Å². The molecule has 3 heterocycles. The van der Waals surface area contributed by atoms with Crippen molar-refractivity contribution < 1.29 is 18.5 Å². The maximum atomic E-state index is 15.0. The zero-order valence-electron chi connectivity index (χ0n) is 21.9. The van der Waals surface area contributed by atoms with E-state index in [2.05, 4.69) is 25.0 Å². The third-order valence-corrected chi connectivity index (χ3v) is 6.41. The SMILES string of the molecule is CC(C)(C)C(=O)NCCn1ccc2ncnc(Nc3ccc(Oc4cccc5sncc45)c(F)c3)c21.CSO. The van der Waals surface area contributed by atoms with E-state index < -0.39 is 11.2 Å². The summed E-state index contributed by atoms with van der Waals surface area (Å²) in [6.07, 6.45) is 6.66. The first-order chi connectivity index (χ1) is 18.7.